The number of fused-ring (bicyclic) bond motifs is 3. The molecule has 0 aromatic heterocycles. The molecule has 0 fully saturated rings. The molecule has 48 heavy (non-hydrogen) atoms. The number of rotatable bonds is 13. The number of hydrogen-bond donors (Lipinski definition) is 3. The number of hydrogen-bond acceptors (Lipinski definition) is 2. The van der Waals surface area contributed by atoms with E-state index in [0.717, 1.165) is 50.2 Å². The maximum Gasteiger partial charge on any atom is 0.415 e. The van der Waals surface area contributed by atoms with E-state index in [1.165, 1.54) is 4.90 Å². The molecular weight excluding hydrogens is 596 g/mol. The number of carboxylic acid groups (broad SMARTS) is 2. The minimum Gasteiger partial charge on any atom is -0.465 e. The first kappa shape index (κ1) is 35.2. The maximum atomic E-state index is 12.3. The lowest BCUT2D eigenvalue weighted by atomic mass is 9.76. The van der Waals surface area contributed by atoms with Crippen LogP contribution < -0.4 is 5.32 Å². The monoisotopic (exact) mass is 640 g/mol. The smallest absolute Gasteiger partial charge is 0.415 e. The lowest BCUT2D eigenvalue weighted by Crippen LogP contribution is -2.23. The first-order valence-electron chi connectivity index (χ1n) is 16.1. The van der Waals surface area contributed by atoms with E-state index in [2.05, 4.69) is 50.0 Å². The Morgan fingerprint density at radius 2 is 1.44 bits per heavy atom. The number of allylic oxidation sites excluding steroid dienone is 10. The van der Waals surface area contributed by atoms with E-state index in [-0.39, 0.29) is 0 Å². The van der Waals surface area contributed by atoms with Crippen LogP contribution in [0.3, 0.4) is 0 Å². The molecule has 6 nitrogen and oxygen atoms in total. The first-order chi connectivity index (χ1) is 23.0. The van der Waals surface area contributed by atoms with Gasteiger partial charge in [-0.1, -0.05) is 149 Å². The van der Waals surface area contributed by atoms with Gasteiger partial charge in [-0.3, -0.25) is 10.2 Å². The fourth-order valence-corrected chi connectivity index (χ4v) is 5.91. The molecule has 0 heterocycles. The molecule has 4 rings (SSSR count). The Morgan fingerprint density at radius 3 is 2.04 bits per heavy atom. The summed E-state index contributed by atoms with van der Waals surface area (Å²) in [4.78, 5) is 25.6. The highest BCUT2D eigenvalue weighted by Crippen LogP contribution is 2.44. The van der Waals surface area contributed by atoms with Crippen molar-refractivity contribution >= 4 is 45.0 Å². The Labute approximate surface area is 283 Å². The molecule has 0 spiro atoms. The summed E-state index contributed by atoms with van der Waals surface area (Å²) < 4.78 is 0. The average Bonchev–Trinajstić information content (AvgIpc) is 3.05. The predicted octanol–water partition coefficient (Wildman–Crippen LogP) is 11.7. The molecule has 6 heteroatoms. The van der Waals surface area contributed by atoms with Gasteiger partial charge in [-0.15, -0.1) is 0 Å². The van der Waals surface area contributed by atoms with E-state index in [4.69, 9.17) is 0 Å². The molecule has 0 bridgehead atoms. The van der Waals surface area contributed by atoms with Crippen molar-refractivity contribution in [3.63, 3.8) is 0 Å². The van der Waals surface area contributed by atoms with Crippen LogP contribution in [-0.4, -0.2) is 27.3 Å². The molecule has 0 radical (unpaired) electrons. The Morgan fingerprint density at radius 1 is 0.833 bits per heavy atom. The second-order valence-electron chi connectivity index (χ2n) is 12.4. The molecule has 0 atom stereocenters. The third-order valence-electron chi connectivity index (χ3n) is 8.08. The van der Waals surface area contributed by atoms with Gasteiger partial charge in [0.05, 0.1) is 5.69 Å². The van der Waals surface area contributed by atoms with E-state index in [1.807, 2.05) is 98.8 Å². The zero-order valence-corrected chi connectivity index (χ0v) is 28.1. The van der Waals surface area contributed by atoms with Crippen molar-refractivity contribution in [3.8, 4) is 0 Å². The number of nitrogens with zero attached hydrogens (tertiary/aromatic N) is 1. The molecule has 2 amide bonds. The Kier molecular flexibility index (Phi) is 12.0. The highest BCUT2D eigenvalue weighted by Gasteiger charge is 2.28. The van der Waals surface area contributed by atoms with Crippen molar-refractivity contribution in [3.05, 3.63) is 157 Å². The largest absolute Gasteiger partial charge is 0.465 e. The summed E-state index contributed by atoms with van der Waals surface area (Å²) in [6.45, 7) is 12.0. The van der Waals surface area contributed by atoms with Crippen molar-refractivity contribution in [1.29, 1.82) is 0 Å². The third kappa shape index (κ3) is 8.80. The summed E-state index contributed by atoms with van der Waals surface area (Å²) in [6, 6.07) is 26.0. The van der Waals surface area contributed by atoms with Crippen molar-refractivity contribution in [2.24, 2.45) is 0 Å². The minimum absolute atomic E-state index is 0.467. The fourth-order valence-electron chi connectivity index (χ4n) is 5.91. The predicted molar refractivity (Wildman–Crippen MR) is 200 cm³/mol. The van der Waals surface area contributed by atoms with E-state index in [0.29, 0.717) is 24.2 Å². The van der Waals surface area contributed by atoms with Crippen LogP contribution in [0.1, 0.15) is 58.1 Å². The van der Waals surface area contributed by atoms with Gasteiger partial charge >= 0.3 is 12.2 Å². The number of nitrogens with one attached hydrogen (secondary N) is 1. The van der Waals surface area contributed by atoms with Crippen molar-refractivity contribution in [2.45, 2.75) is 52.4 Å². The first-order valence-corrected chi connectivity index (χ1v) is 16.1. The number of carbonyl (C=O) groups is 2. The second-order valence-corrected chi connectivity index (χ2v) is 12.4. The van der Waals surface area contributed by atoms with Crippen molar-refractivity contribution in [2.75, 3.05) is 5.32 Å². The normalized spacial score (nSPS) is 12.8. The van der Waals surface area contributed by atoms with Crippen LogP contribution in [0, 0.1) is 0 Å². The van der Waals surface area contributed by atoms with Gasteiger partial charge in [0.15, 0.2) is 0 Å². The van der Waals surface area contributed by atoms with Crippen molar-refractivity contribution in [1.82, 2.24) is 4.90 Å². The van der Waals surface area contributed by atoms with Gasteiger partial charge in [0, 0.05) is 17.3 Å². The van der Waals surface area contributed by atoms with Gasteiger partial charge in [-0.05, 0) is 70.2 Å². The van der Waals surface area contributed by atoms with E-state index < -0.39 is 17.6 Å². The van der Waals surface area contributed by atoms with Crippen LogP contribution in [0.25, 0.3) is 27.1 Å². The highest BCUT2D eigenvalue weighted by atomic mass is 16.4. The summed E-state index contributed by atoms with van der Waals surface area (Å²) in [6.07, 6.45) is 14.6. The van der Waals surface area contributed by atoms with E-state index in [1.54, 1.807) is 18.4 Å². The quantitative estimate of drug-likeness (QED) is 0.100. The van der Waals surface area contributed by atoms with Gasteiger partial charge in [0.25, 0.3) is 0 Å². The Bertz CT molecular complexity index is 1940. The third-order valence-corrected chi connectivity index (χ3v) is 8.08. The molecular formula is C42H44N2O4. The van der Waals surface area contributed by atoms with E-state index >= 15 is 0 Å². The van der Waals surface area contributed by atoms with Gasteiger partial charge in [-0.25, -0.2) is 9.59 Å². The summed E-state index contributed by atoms with van der Waals surface area (Å²) >= 11 is 0. The lowest BCUT2D eigenvalue weighted by molar-refractivity contribution is 0.171. The number of benzene rings is 4. The molecule has 0 saturated heterocycles. The van der Waals surface area contributed by atoms with Crippen LogP contribution in [0.5, 0.6) is 0 Å². The Balaban J connectivity index is 1.78. The van der Waals surface area contributed by atoms with Crippen molar-refractivity contribution < 1.29 is 19.8 Å². The summed E-state index contributed by atoms with van der Waals surface area (Å²) in [5.74, 6) is 0. The number of anilines is 1. The zero-order valence-electron chi connectivity index (χ0n) is 28.1. The topological polar surface area (TPSA) is 89.9 Å². The average molecular weight is 641 g/mol. The molecule has 0 aliphatic carbocycles. The highest BCUT2D eigenvalue weighted by molar-refractivity contribution is 6.17. The Hall–Kier alpha value is -5.62. The van der Waals surface area contributed by atoms with Crippen LogP contribution in [0.4, 0.5) is 15.3 Å². The van der Waals surface area contributed by atoms with Crippen LogP contribution >= 0.6 is 0 Å². The van der Waals surface area contributed by atoms with Gasteiger partial charge in [0.2, 0.25) is 0 Å². The molecule has 0 unspecified atom stereocenters. The fraction of sp³-hybridized carbons (Fsp3) is 0.190. The summed E-state index contributed by atoms with van der Waals surface area (Å²) in [5, 5.41) is 26.6. The molecule has 0 aliphatic rings. The summed E-state index contributed by atoms with van der Waals surface area (Å²) in [7, 11) is 0. The molecule has 4 aromatic carbocycles. The van der Waals surface area contributed by atoms with Gasteiger partial charge in [0.1, 0.15) is 0 Å². The van der Waals surface area contributed by atoms with Crippen LogP contribution in [-0.2, 0) is 5.41 Å². The van der Waals surface area contributed by atoms with E-state index in [9.17, 15) is 19.8 Å². The second kappa shape index (κ2) is 16.3. The minimum atomic E-state index is -1.11. The lowest BCUT2D eigenvalue weighted by Gasteiger charge is -2.30. The molecule has 4 aromatic rings. The summed E-state index contributed by atoms with van der Waals surface area (Å²) in [5.41, 5.74) is 4.50. The van der Waals surface area contributed by atoms with Gasteiger partial charge < -0.3 is 10.2 Å². The molecule has 3 N–H and O–H groups in total. The maximum absolute atomic E-state index is 12.3. The van der Waals surface area contributed by atoms with Gasteiger partial charge in [-0.2, -0.15) is 0 Å². The standard InChI is InChI=1S/C42H44N2O4/c1-6-17-33(44(41(47)48)29-15-14-18-30(2)3)27-26-32(31-19-8-7-9-20-31)21-16-28-42(4,5)38-36-24-12-10-22-34(36)35-23-11-13-25-37(35)39(38)43-40(45)46/h7-16,18-27,29,43H,2,6,17,28H2,1,3-5H3,(H,45,46)(H,47,48)/b18-14-,21-16+,29-15-,32-26-,33-27-. The molecule has 246 valence electrons. The van der Waals surface area contributed by atoms with Crippen LogP contribution in [0.15, 0.2) is 145 Å². The van der Waals surface area contributed by atoms with Crippen LogP contribution in [0.2, 0.25) is 0 Å². The SMILES string of the molecule is C=C(C)/C=C\C=C/N(C(=O)O)\C(=C/C=C(/C=C/CC(C)(C)c1c(NC(=O)O)c2ccccc2c2ccccc12)c1ccccc1)CCC. The molecule has 0 aliphatic heterocycles. The zero-order chi connectivity index (χ0) is 34.7. The molecule has 0 saturated carbocycles. The number of amides is 2.